The van der Waals surface area contributed by atoms with Crippen LogP contribution < -0.4 is 5.32 Å². The standard InChI is InChI=1S/C14H20N2O3S/c1-10-5-7-20-12(10)8-15-13(17)9-16-6-3-4-11(16)14(18)19-2/h5,7,11H,3-4,6,8-9H2,1-2H3,(H,15,17)/t11-/m1/s1. The first-order valence-corrected chi connectivity index (χ1v) is 7.61. The molecule has 1 aliphatic rings. The summed E-state index contributed by atoms with van der Waals surface area (Å²) in [4.78, 5) is 26.6. The second-order valence-electron chi connectivity index (χ2n) is 4.96. The van der Waals surface area contributed by atoms with Gasteiger partial charge in [-0.2, -0.15) is 0 Å². The maximum atomic E-state index is 12.0. The zero-order valence-electron chi connectivity index (χ0n) is 11.8. The van der Waals surface area contributed by atoms with Gasteiger partial charge in [0.25, 0.3) is 0 Å². The summed E-state index contributed by atoms with van der Waals surface area (Å²) < 4.78 is 4.77. The van der Waals surface area contributed by atoms with Gasteiger partial charge in [0.05, 0.1) is 20.2 Å². The lowest BCUT2D eigenvalue weighted by Gasteiger charge is -2.21. The van der Waals surface area contributed by atoms with E-state index in [4.69, 9.17) is 4.74 Å². The third-order valence-electron chi connectivity index (χ3n) is 3.60. The first-order chi connectivity index (χ1) is 9.61. The van der Waals surface area contributed by atoms with Crippen LogP contribution in [0.5, 0.6) is 0 Å². The first kappa shape index (κ1) is 15.0. The molecule has 0 aliphatic carbocycles. The van der Waals surface area contributed by atoms with E-state index in [9.17, 15) is 9.59 Å². The lowest BCUT2D eigenvalue weighted by Crippen LogP contribution is -2.43. The number of hydrogen-bond donors (Lipinski definition) is 1. The number of hydrogen-bond acceptors (Lipinski definition) is 5. The Balaban J connectivity index is 1.82. The molecular formula is C14H20N2O3S. The molecule has 0 saturated carbocycles. The van der Waals surface area contributed by atoms with Gasteiger partial charge in [0.1, 0.15) is 6.04 Å². The molecule has 0 bridgehead atoms. The van der Waals surface area contributed by atoms with Crippen molar-refractivity contribution in [1.82, 2.24) is 10.2 Å². The molecule has 0 unspecified atom stereocenters. The van der Waals surface area contributed by atoms with Crippen LogP contribution in [-0.4, -0.2) is 43.0 Å². The van der Waals surface area contributed by atoms with Gasteiger partial charge in [0.15, 0.2) is 0 Å². The fourth-order valence-corrected chi connectivity index (χ4v) is 3.27. The van der Waals surface area contributed by atoms with Gasteiger partial charge in [-0.05, 0) is 43.3 Å². The molecule has 1 aromatic rings. The van der Waals surface area contributed by atoms with Crippen LogP contribution in [0, 0.1) is 6.92 Å². The average Bonchev–Trinajstić information content (AvgIpc) is 3.05. The number of carbonyl (C=O) groups is 2. The number of ether oxygens (including phenoxy) is 1. The Labute approximate surface area is 122 Å². The Morgan fingerprint density at radius 3 is 3.00 bits per heavy atom. The number of rotatable bonds is 5. The quantitative estimate of drug-likeness (QED) is 0.832. The monoisotopic (exact) mass is 296 g/mol. The lowest BCUT2D eigenvalue weighted by molar-refractivity contribution is -0.146. The minimum Gasteiger partial charge on any atom is -0.468 e. The van der Waals surface area contributed by atoms with Crippen LogP contribution in [0.2, 0.25) is 0 Å². The molecule has 1 atom stereocenters. The number of carbonyl (C=O) groups excluding carboxylic acids is 2. The molecule has 1 amide bonds. The van der Waals surface area contributed by atoms with E-state index in [0.717, 1.165) is 19.4 Å². The van der Waals surface area contributed by atoms with Gasteiger partial charge >= 0.3 is 5.97 Å². The van der Waals surface area contributed by atoms with Crippen molar-refractivity contribution in [3.05, 3.63) is 21.9 Å². The minimum absolute atomic E-state index is 0.0476. The van der Waals surface area contributed by atoms with Crippen LogP contribution >= 0.6 is 11.3 Å². The summed E-state index contributed by atoms with van der Waals surface area (Å²) in [5.41, 5.74) is 1.20. The van der Waals surface area contributed by atoms with Crippen LogP contribution in [0.25, 0.3) is 0 Å². The van der Waals surface area contributed by atoms with E-state index in [2.05, 4.69) is 5.32 Å². The Kier molecular flexibility index (Phi) is 5.14. The molecule has 1 aromatic heterocycles. The summed E-state index contributed by atoms with van der Waals surface area (Å²) in [6.07, 6.45) is 1.70. The van der Waals surface area contributed by atoms with E-state index in [1.807, 2.05) is 23.3 Å². The molecular weight excluding hydrogens is 276 g/mol. The van der Waals surface area contributed by atoms with E-state index in [0.29, 0.717) is 6.54 Å². The summed E-state index contributed by atoms with van der Waals surface area (Å²) in [6, 6.07) is 1.77. The molecule has 2 rings (SSSR count). The number of thiophene rings is 1. The number of nitrogens with one attached hydrogen (secondary N) is 1. The van der Waals surface area contributed by atoms with Crippen molar-refractivity contribution in [3.63, 3.8) is 0 Å². The number of likely N-dealkylation sites (tertiary alicyclic amines) is 1. The number of amides is 1. The second kappa shape index (κ2) is 6.85. The summed E-state index contributed by atoms with van der Waals surface area (Å²) >= 11 is 1.64. The largest absolute Gasteiger partial charge is 0.468 e. The number of aryl methyl sites for hydroxylation is 1. The van der Waals surface area contributed by atoms with Crippen molar-refractivity contribution in [2.24, 2.45) is 0 Å². The van der Waals surface area contributed by atoms with Crippen LogP contribution in [0.1, 0.15) is 23.3 Å². The van der Waals surface area contributed by atoms with Crippen LogP contribution in [-0.2, 0) is 20.9 Å². The highest BCUT2D eigenvalue weighted by Crippen LogP contribution is 2.18. The van der Waals surface area contributed by atoms with Crippen molar-refractivity contribution < 1.29 is 14.3 Å². The normalized spacial score (nSPS) is 19.0. The van der Waals surface area contributed by atoms with Gasteiger partial charge < -0.3 is 10.1 Å². The Morgan fingerprint density at radius 1 is 1.55 bits per heavy atom. The van der Waals surface area contributed by atoms with Crippen molar-refractivity contribution >= 4 is 23.2 Å². The summed E-state index contributed by atoms with van der Waals surface area (Å²) in [7, 11) is 1.39. The zero-order chi connectivity index (χ0) is 14.5. The smallest absolute Gasteiger partial charge is 0.323 e. The van der Waals surface area contributed by atoms with E-state index >= 15 is 0 Å². The van der Waals surface area contributed by atoms with Crippen LogP contribution in [0.4, 0.5) is 0 Å². The maximum Gasteiger partial charge on any atom is 0.323 e. The van der Waals surface area contributed by atoms with Crippen molar-refractivity contribution in [3.8, 4) is 0 Å². The molecule has 0 radical (unpaired) electrons. The molecule has 1 N–H and O–H groups in total. The fourth-order valence-electron chi connectivity index (χ4n) is 2.42. The SMILES string of the molecule is COC(=O)[C@H]1CCCN1CC(=O)NCc1sccc1C. The second-order valence-corrected chi connectivity index (χ2v) is 5.96. The molecule has 0 aromatic carbocycles. The molecule has 2 heterocycles. The third-order valence-corrected chi connectivity index (χ3v) is 4.62. The van der Waals surface area contributed by atoms with Gasteiger partial charge in [-0.3, -0.25) is 14.5 Å². The zero-order valence-corrected chi connectivity index (χ0v) is 12.7. The average molecular weight is 296 g/mol. The van der Waals surface area contributed by atoms with Crippen molar-refractivity contribution in [1.29, 1.82) is 0 Å². The van der Waals surface area contributed by atoms with Gasteiger partial charge in [0.2, 0.25) is 5.91 Å². The number of esters is 1. The first-order valence-electron chi connectivity index (χ1n) is 6.73. The number of methoxy groups -OCH3 is 1. The predicted octanol–water partition coefficient (Wildman–Crippen LogP) is 1.31. The molecule has 110 valence electrons. The molecule has 1 aliphatic heterocycles. The molecule has 1 saturated heterocycles. The van der Waals surface area contributed by atoms with Gasteiger partial charge in [-0.15, -0.1) is 11.3 Å². The number of nitrogens with zero attached hydrogens (tertiary/aromatic N) is 1. The maximum absolute atomic E-state index is 12.0. The molecule has 20 heavy (non-hydrogen) atoms. The van der Waals surface area contributed by atoms with Gasteiger partial charge in [-0.25, -0.2) is 0 Å². The highest BCUT2D eigenvalue weighted by atomic mass is 32.1. The summed E-state index contributed by atoms with van der Waals surface area (Å²) in [5.74, 6) is -0.294. The van der Waals surface area contributed by atoms with E-state index in [-0.39, 0.29) is 24.5 Å². The Morgan fingerprint density at radius 2 is 2.35 bits per heavy atom. The molecule has 0 spiro atoms. The highest BCUT2D eigenvalue weighted by Gasteiger charge is 2.32. The van der Waals surface area contributed by atoms with E-state index in [1.54, 1.807) is 11.3 Å². The minimum atomic E-state index is -0.269. The third kappa shape index (κ3) is 3.58. The highest BCUT2D eigenvalue weighted by molar-refractivity contribution is 7.10. The van der Waals surface area contributed by atoms with Crippen LogP contribution in [0.15, 0.2) is 11.4 Å². The fraction of sp³-hybridized carbons (Fsp3) is 0.571. The summed E-state index contributed by atoms with van der Waals surface area (Å²) in [6.45, 7) is 3.61. The topological polar surface area (TPSA) is 58.6 Å². The van der Waals surface area contributed by atoms with Gasteiger partial charge in [0, 0.05) is 4.88 Å². The Bertz CT molecular complexity index is 487. The van der Waals surface area contributed by atoms with E-state index < -0.39 is 0 Å². The molecule has 6 heteroatoms. The van der Waals surface area contributed by atoms with Crippen molar-refractivity contribution in [2.75, 3.05) is 20.2 Å². The van der Waals surface area contributed by atoms with Gasteiger partial charge in [-0.1, -0.05) is 0 Å². The van der Waals surface area contributed by atoms with E-state index in [1.165, 1.54) is 17.6 Å². The predicted molar refractivity (Wildman–Crippen MR) is 77.5 cm³/mol. The van der Waals surface area contributed by atoms with Crippen LogP contribution in [0.3, 0.4) is 0 Å². The summed E-state index contributed by atoms with van der Waals surface area (Å²) in [5, 5.41) is 4.93. The molecule has 5 nitrogen and oxygen atoms in total. The Hall–Kier alpha value is -1.40. The molecule has 1 fully saturated rings. The van der Waals surface area contributed by atoms with Crippen molar-refractivity contribution in [2.45, 2.75) is 32.4 Å². The lowest BCUT2D eigenvalue weighted by atomic mass is 10.2.